The summed E-state index contributed by atoms with van der Waals surface area (Å²) in [6.07, 6.45) is 3.41. The minimum absolute atomic E-state index is 0.300. The van der Waals surface area contributed by atoms with Gasteiger partial charge >= 0.3 is 6.09 Å². The first kappa shape index (κ1) is 9.20. The van der Waals surface area contributed by atoms with E-state index in [0.717, 1.165) is 5.01 Å². The lowest BCUT2D eigenvalue weighted by atomic mass is 10.4. The van der Waals surface area contributed by atoms with Crippen LogP contribution >= 0.6 is 0 Å². The molecule has 76 valence electrons. The highest BCUT2D eigenvalue weighted by atomic mass is 16.4. The highest BCUT2D eigenvalue weighted by Crippen LogP contribution is 2.09. The van der Waals surface area contributed by atoms with E-state index in [1.807, 2.05) is 0 Å². The predicted molar refractivity (Wildman–Crippen MR) is 52.4 cm³/mol. The van der Waals surface area contributed by atoms with Crippen molar-refractivity contribution in [3.8, 4) is 0 Å². The van der Waals surface area contributed by atoms with Gasteiger partial charge in [-0.15, -0.1) is 5.01 Å². The van der Waals surface area contributed by atoms with Crippen LogP contribution in [0.4, 0.5) is 10.6 Å². The van der Waals surface area contributed by atoms with E-state index in [-0.39, 0.29) is 0 Å². The summed E-state index contributed by atoms with van der Waals surface area (Å²) < 4.78 is 0. The van der Waals surface area contributed by atoms with Crippen molar-refractivity contribution in [2.45, 2.75) is 0 Å². The van der Waals surface area contributed by atoms with Gasteiger partial charge in [0.1, 0.15) is 0 Å². The maximum atomic E-state index is 11.0. The number of pyridine rings is 1. The zero-order chi connectivity index (χ0) is 10.7. The molecule has 2 rings (SSSR count). The summed E-state index contributed by atoms with van der Waals surface area (Å²) >= 11 is 0. The van der Waals surface area contributed by atoms with Gasteiger partial charge in [0.15, 0.2) is 5.82 Å². The van der Waals surface area contributed by atoms with Crippen LogP contribution in [0.5, 0.6) is 0 Å². The van der Waals surface area contributed by atoms with Crippen LogP contribution in [0.3, 0.4) is 0 Å². The van der Waals surface area contributed by atoms with Gasteiger partial charge in [0.2, 0.25) is 0 Å². The lowest BCUT2D eigenvalue weighted by Gasteiger charge is -2.16. The van der Waals surface area contributed by atoms with Crippen LogP contribution in [-0.2, 0) is 0 Å². The molecule has 0 unspecified atom stereocenters. The second kappa shape index (κ2) is 3.79. The van der Waals surface area contributed by atoms with Crippen LogP contribution in [0, 0.1) is 0 Å². The fourth-order valence-corrected chi connectivity index (χ4v) is 1.15. The van der Waals surface area contributed by atoms with Crippen LogP contribution in [0.2, 0.25) is 0 Å². The van der Waals surface area contributed by atoms with Crippen LogP contribution in [0.15, 0.2) is 42.9 Å². The summed E-state index contributed by atoms with van der Waals surface area (Å²) in [6.45, 7) is 0. The van der Waals surface area contributed by atoms with Crippen LogP contribution in [-0.4, -0.2) is 26.1 Å². The topological polar surface area (TPSA) is 71.2 Å². The third-order valence-electron chi connectivity index (χ3n) is 1.74. The molecule has 6 heteroatoms. The number of carbonyl (C=O) groups is 1. The molecule has 1 N–H and O–H groups in total. The fraction of sp³-hybridized carbons (Fsp3) is 0. The van der Waals surface area contributed by atoms with Crippen molar-refractivity contribution in [1.82, 2.24) is 14.9 Å². The predicted octanol–water partition coefficient (Wildman–Crippen LogP) is 1.23. The minimum atomic E-state index is -1.14. The van der Waals surface area contributed by atoms with Crippen molar-refractivity contribution >= 4 is 11.9 Å². The van der Waals surface area contributed by atoms with Crippen molar-refractivity contribution in [3.63, 3.8) is 0 Å². The molecule has 0 aromatic carbocycles. The zero-order valence-electron chi connectivity index (χ0n) is 7.69. The summed E-state index contributed by atoms with van der Waals surface area (Å²) in [5, 5.41) is 13.8. The maximum absolute atomic E-state index is 11.0. The Bertz CT molecular complexity index is 440. The lowest BCUT2D eigenvalue weighted by molar-refractivity contribution is 0.197. The quantitative estimate of drug-likeness (QED) is 0.798. The molecule has 1 amide bonds. The molecular formula is C9H8N4O2. The number of nitrogens with zero attached hydrogens (tertiary/aromatic N) is 4. The summed E-state index contributed by atoms with van der Waals surface area (Å²) in [4.78, 5) is 16.2. The minimum Gasteiger partial charge on any atom is -0.463 e. The average Bonchev–Trinajstić information content (AvgIpc) is 2.72. The monoisotopic (exact) mass is 204 g/mol. The number of hydrogen-bond donors (Lipinski definition) is 1. The first-order valence-electron chi connectivity index (χ1n) is 4.23. The molecule has 0 saturated heterocycles. The summed E-state index contributed by atoms with van der Waals surface area (Å²) in [6, 6.07) is 6.66. The van der Waals surface area contributed by atoms with Gasteiger partial charge in [-0.05, 0) is 18.2 Å². The van der Waals surface area contributed by atoms with Crippen molar-refractivity contribution < 1.29 is 9.90 Å². The van der Waals surface area contributed by atoms with E-state index >= 15 is 0 Å². The molecule has 2 aromatic rings. The molecule has 0 radical (unpaired) electrons. The maximum Gasteiger partial charge on any atom is 0.434 e. The number of aromatic nitrogens is 3. The SMILES string of the molecule is O=C(O)N(c1ccccn1)n1cccn1. The Balaban J connectivity index is 2.42. The van der Waals surface area contributed by atoms with Crippen molar-refractivity contribution in [2.24, 2.45) is 0 Å². The van der Waals surface area contributed by atoms with E-state index < -0.39 is 6.09 Å². The molecule has 0 aliphatic carbocycles. The highest BCUT2D eigenvalue weighted by Gasteiger charge is 2.17. The van der Waals surface area contributed by atoms with Gasteiger partial charge in [0, 0.05) is 12.4 Å². The van der Waals surface area contributed by atoms with E-state index in [0.29, 0.717) is 5.82 Å². The molecule has 0 aliphatic rings. The molecule has 0 spiro atoms. The molecule has 15 heavy (non-hydrogen) atoms. The zero-order valence-corrected chi connectivity index (χ0v) is 7.69. The largest absolute Gasteiger partial charge is 0.463 e. The molecular weight excluding hydrogens is 196 g/mol. The smallest absolute Gasteiger partial charge is 0.434 e. The second-order valence-corrected chi connectivity index (χ2v) is 2.71. The van der Waals surface area contributed by atoms with Crippen LogP contribution in [0.25, 0.3) is 0 Å². The first-order chi connectivity index (χ1) is 7.29. The van der Waals surface area contributed by atoms with E-state index in [1.54, 1.807) is 24.3 Å². The van der Waals surface area contributed by atoms with E-state index in [1.165, 1.54) is 23.4 Å². The summed E-state index contributed by atoms with van der Waals surface area (Å²) in [5.41, 5.74) is 0. The van der Waals surface area contributed by atoms with E-state index in [4.69, 9.17) is 5.11 Å². The van der Waals surface area contributed by atoms with Gasteiger partial charge in [-0.2, -0.15) is 9.89 Å². The summed E-state index contributed by atoms with van der Waals surface area (Å²) in [7, 11) is 0. The van der Waals surface area contributed by atoms with E-state index in [9.17, 15) is 4.79 Å². The van der Waals surface area contributed by atoms with Crippen molar-refractivity contribution in [1.29, 1.82) is 0 Å². The second-order valence-electron chi connectivity index (χ2n) is 2.71. The Morgan fingerprint density at radius 2 is 2.20 bits per heavy atom. The molecule has 0 bridgehead atoms. The number of amides is 1. The lowest BCUT2D eigenvalue weighted by Crippen LogP contribution is -2.35. The number of carboxylic acid groups (broad SMARTS) is 1. The van der Waals surface area contributed by atoms with Crippen LogP contribution < -0.4 is 5.01 Å². The van der Waals surface area contributed by atoms with Gasteiger partial charge in [-0.25, -0.2) is 9.78 Å². The van der Waals surface area contributed by atoms with Crippen molar-refractivity contribution in [2.75, 3.05) is 5.01 Å². The number of hydrogen-bond acceptors (Lipinski definition) is 3. The third-order valence-corrected chi connectivity index (χ3v) is 1.74. The Labute approximate surface area is 85.4 Å². The van der Waals surface area contributed by atoms with Gasteiger partial charge < -0.3 is 5.11 Å². The van der Waals surface area contributed by atoms with Gasteiger partial charge in [-0.3, -0.25) is 0 Å². The Morgan fingerprint density at radius 1 is 1.33 bits per heavy atom. The van der Waals surface area contributed by atoms with Gasteiger partial charge in [0.05, 0.1) is 6.20 Å². The summed E-state index contributed by atoms with van der Waals surface area (Å²) in [5.74, 6) is 0.300. The molecule has 2 heterocycles. The molecule has 0 atom stereocenters. The fourth-order valence-electron chi connectivity index (χ4n) is 1.15. The third kappa shape index (κ3) is 1.78. The molecule has 6 nitrogen and oxygen atoms in total. The van der Waals surface area contributed by atoms with E-state index in [2.05, 4.69) is 10.1 Å². The molecule has 0 fully saturated rings. The highest BCUT2D eigenvalue weighted by molar-refractivity contribution is 5.83. The molecule has 0 saturated carbocycles. The molecule has 2 aromatic heterocycles. The Morgan fingerprint density at radius 3 is 2.73 bits per heavy atom. The Kier molecular flexibility index (Phi) is 2.32. The Hall–Kier alpha value is -2.37. The first-order valence-corrected chi connectivity index (χ1v) is 4.23. The van der Waals surface area contributed by atoms with Gasteiger partial charge in [-0.1, -0.05) is 6.07 Å². The van der Waals surface area contributed by atoms with Crippen molar-refractivity contribution in [3.05, 3.63) is 42.9 Å². The standard InChI is InChI=1S/C9H8N4O2/c14-9(15)13(12-7-3-6-11-12)8-4-1-2-5-10-8/h1-7H,(H,14,15). The van der Waals surface area contributed by atoms with Crippen LogP contribution in [0.1, 0.15) is 0 Å². The normalized spacial score (nSPS) is 9.87. The molecule has 0 aliphatic heterocycles. The van der Waals surface area contributed by atoms with Gasteiger partial charge in [0.25, 0.3) is 0 Å². The number of anilines is 1. The number of rotatable bonds is 2. The average molecular weight is 204 g/mol.